The third-order valence-electron chi connectivity index (χ3n) is 1.12. The molecule has 55 valence electrons. The Bertz CT molecular complexity index is 170. The van der Waals surface area contributed by atoms with Gasteiger partial charge in [0.15, 0.2) is 0 Å². The first-order chi connectivity index (χ1) is 4.79. The monoisotopic (exact) mass is 155 g/mol. The van der Waals surface area contributed by atoms with Gasteiger partial charge in [-0.2, -0.15) is 0 Å². The number of nitrogens with two attached hydrogens (primary N) is 1. The Balaban J connectivity index is 2.28. The van der Waals surface area contributed by atoms with Gasteiger partial charge in [0.05, 0.1) is 6.17 Å². The molecule has 0 aliphatic heterocycles. The predicted octanol–water partition coefficient (Wildman–Crippen LogP) is 1.16. The second kappa shape index (κ2) is 3.71. The maximum absolute atomic E-state index is 5.45. The van der Waals surface area contributed by atoms with E-state index in [4.69, 9.17) is 5.73 Å². The van der Waals surface area contributed by atoms with Gasteiger partial charge < -0.3 is 5.73 Å². The average Bonchev–Trinajstić information content (AvgIpc) is 2.34. The number of hydrogen-bond donors (Lipinski definition) is 1. The first-order valence-electron chi connectivity index (χ1n) is 3.23. The highest BCUT2D eigenvalue weighted by Crippen LogP contribution is 2.07. The van der Waals surface area contributed by atoms with E-state index in [1.807, 2.05) is 18.4 Å². The van der Waals surface area contributed by atoms with Gasteiger partial charge in [0.2, 0.25) is 0 Å². The second-order valence-electron chi connectivity index (χ2n) is 2.16. The molecule has 1 radical (unpaired) electrons. The van der Waals surface area contributed by atoms with Crippen molar-refractivity contribution in [3.8, 4) is 0 Å². The van der Waals surface area contributed by atoms with Crippen LogP contribution in [0.4, 0.5) is 0 Å². The van der Waals surface area contributed by atoms with E-state index >= 15 is 0 Å². The summed E-state index contributed by atoms with van der Waals surface area (Å²) in [6.45, 7) is 2.64. The lowest BCUT2D eigenvalue weighted by molar-refractivity contribution is 0.557. The van der Waals surface area contributed by atoms with Gasteiger partial charge in [0.25, 0.3) is 0 Å². The van der Waals surface area contributed by atoms with Crippen LogP contribution in [0.25, 0.3) is 0 Å². The number of hydrogen-bond acceptors (Lipinski definition) is 2. The van der Waals surface area contributed by atoms with Crippen LogP contribution >= 0.6 is 11.3 Å². The zero-order chi connectivity index (χ0) is 7.40. The van der Waals surface area contributed by atoms with Crippen molar-refractivity contribution < 1.29 is 0 Å². The summed E-state index contributed by atoms with van der Waals surface area (Å²) in [6, 6.07) is 4.09. The lowest BCUT2D eigenvalue weighted by Gasteiger charge is -2.02. The van der Waals surface area contributed by atoms with Crippen LogP contribution in [0.3, 0.4) is 0 Å². The predicted molar refractivity (Wildman–Crippen MR) is 43.8 cm³/mol. The Kier molecular flexibility index (Phi) is 2.86. The van der Waals surface area contributed by atoms with Crippen molar-refractivity contribution in [2.45, 2.75) is 19.6 Å². The zero-order valence-corrected chi connectivity index (χ0v) is 6.77. The maximum Gasteiger partial charge on any atom is 0.0686 e. The molecule has 1 unspecified atom stereocenters. The molecule has 0 fully saturated rings. The van der Waals surface area contributed by atoms with Crippen molar-refractivity contribution in [3.63, 3.8) is 0 Å². The Morgan fingerprint density at radius 3 is 3.10 bits per heavy atom. The molecule has 2 nitrogen and oxygen atoms in total. The van der Waals surface area contributed by atoms with E-state index < -0.39 is 0 Å². The van der Waals surface area contributed by atoms with Gasteiger partial charge >= 0.3 is 0 Å². The molecule has 0 amide bonds. The Morgan fingerprint density at radius 1 is 1.80 bits per heavy atom. The summed E-state index contributed by atoms with van der Waals surface area (Å²) >= 11 is 1.72. The van der Waals surface area contributed by atoms with E-state index in [1.165, 1.54) is 4.88 Å². The van der Waals surface area contributed by atoms with Gasteiger partial charge in [-0.25, -0.2) is 5.32 Å². The molecule has 0 saturated carbocycles. The van der Waals surface area contributed by atoms with Crippen LogP contribution in [0.1, 0.15) is 11.8 Å². The number of rotatable bonds is 3. The first-order valence-corrected chi connectivity index (χ1v) is 4.11. The van der Waals surface area contributed by atoms with Crippen molar-refractivity contribution in [1.29, 1.82) is 0 Å². The minimum atomic E-state index is -0.0397. The highest BCUT2D eigenvalue weighted by Gasteiger charge is 1.95. The molecule has 0 aliphatic carbocycles. The molecule has 1 atom stereocenters. The highest BCUT2D eigenvalue weighted by atomic mass is 32.1. The summed E-state index contributed by atoms with van der Waals surface area (Å²) in [6.07, 6.45) is -0.0397. The summed E-state index contributed by atoms with van der Waals surface area (Å²) in [5.74, 6) is 0. The zero-order valence-electron chi connectivity index (χ0n) is 5.95. The van der Waals surface area contributed by atoms with Gasteiger partial charge in [0, 0.05) is 11.4 Å². The smallest absolute Gasteiger partial charge is 0.0686 e. The molecule has 0 aliphatic rings. The fraction of sp³-hybridized carbons (Fsp3) is 0.429. The van der Waals surface area contributed by atoms with Crippen molar-refractivity contribution in [2.24, 2.45) is 5.73 Å². The molecule has 3 heteroatoms. The number of nitrogens with zero attached hydrogens (tertiary/aromatic N) is 1. The standard InChI is InChI=1S/C7H11N2S/c1-6(8)9-5-7-3-2-4-10-7/h2-4,6H,5,8H2,1H3. The molecule has 0 bridgehead atoms. The molecule has 1 aromatic rings. The number of thiophene rings is 1. The van der Waals surface area contributed by atoms with Gasteiger partial charge in [-0.05, 0) is 18.4 Å². The van der Waals surface area contributed by atoms with Crippen LogP contribution in [-0.2, 0) is 6.54 Å². The first kappa shape index (κ1) is 7.72. The summed E-state index contributed by atoms with van der Waals surface area (Å²) in [5.41, 5.74) is 5.45. The van der Waals surface area contributed by atoms with Gasteiger partial charge in [-0.3, -0.25) is 0 Å². The molecular formula is C7H11N2S. The summed E-state index contributed by atoms with van der Waals surface area (Å²) in [4.78, 5) is 1.28. The van der Waals surface area contributed by atoms with Crippen LogP contribution in [-0.4, -0.2) is 6.17 Å². The van der Waals surface area contributed by atoms with E-state index in [0.717, 1.165) is 6.54 Å². The topological polar surface area (TPSA) is 40.1 Å². The van der Waals surface area contributed by atoms with E-state index in [2.05, 4.69) is 11.4 Å². The molecule has 0 saturated heterocycles. The summed E-state index contributed by atoms with van der Waals surface area (Å²) in [5, 5.41) is 6.20. The molecule has 1 aromatic heterocycles. The Hall–Kier alpha value is -0.380. The molecule has 0 aromatic carbocycles. The fourth-order valence-electron chi connectivity index (χ4n) is 0.637. The molecule has 1 rings (SSSR count). The lowest BCUT2D eigenvalue weighted by atomic mass is 10.4. The van der Waals surface area contributed by atoms with Crippen LogP contribution in [0.2, 0.25) is 0 Å². The fourth-order valence-corrected chi connectivity index (χ4v) is 1.27. The van der Waals surface area contributed by atoms with Crippen molar-refractivity contribution in [2.75, 3.05) is 0 Å². The average molecular weight is 155 g/mol. The van der Waals surface area contributed by atoms with Crippen LogP contribution < -0.4 is 11.1 Å². The SMILES string of the molecule is CC(N)[N]Cc1cccs1. The Morgan fingerprint density at radius 2 is 2.60 bits per heavy atom. The normalized spacial score (nSPS) is 13.4. The van der Waals surface area contributed by atoms with Crippen molar-refractivity contribution >= 4 is 11.3 Å². The van der Waals surface area contributed by atoms with E-state index in [1.54, 1.807) is 11.3 Å². The molecule has 1 heterocycles. The summed E-state index contributed by atoms with van der Waals surface area (Å²) < 4.78 is 0. The molecule has 10 heavy (non-hydrogen) atoms. The minimum absolute atomic E-state index is 0.0397. The van der Waals surface area contributed by atoms with E-state index in [-0.39, 0.29) is 6.17 Å². The maximum atomic E-state index is 5.45. The highest BCUT2D eigenvalue weighted by molar-refractivity contribution is 7.09. The van der Waals surface area contributed by atoms with Gasteiger partial charge in [-0.15, -0.1) is 11.3 Å². The van der Waals surface area contributed by atoms with Crippen molar-refractivity contribution in [3.05, 3.63) is 22.4 Å². The minimum Gasteiger partial charge on any atom is -0.315 e. The third-order valence-corrected chi connectivity index (χ3v) is 1.98. The van der Waals surface area contributed by atoms with Crippen molar-refractivity contribution in [1.82, 2.24) is 5.32 Å². The Labute approximate surface area is 65.1 Å². The van der Waals surface area contributed by atoms with Crippen LogP contribution in [0, 0.1) is 0 Å². The third kappa shape index (κ3) is 2.47. The second-order valence-corrected chi connectivity index (χ2v) is 3.19. The van der Waals surface area contributed by atoms with Gasteiger partial charge in [0.1, 0.15) is 0 Å². The van der Waals surface area contributed by atoms with Crippen LogP contribution in [0.15, 0.2) is 17.5 Å². The van der Waals surface area contributed by atoms with E-state index in [0.29, 0.717) is 0 Å². The molecular weight excluding hydrogens is 144 g/mol. The summed E-state index contributed by atoms with van der Waals surface area (Å²) in [7, 11) is 0. The van der Waals surface area contributed by atoms with Crippen LogP contribution in [0.5, 0.6) is 0 Å². The molecule has 0 spiro atoms. The van der Waals surface area contributed by atoms with Gasteiger partial charge in [-0.1, -0.05) is 6.07 Å². The molecule has 2 N–H and O–H groups in total. The largest absolute Gasteiger partial charge is 0.315 e. The lowest BCUT2D eigenvalue weighted by Crippen LogP contribution is -2.26. The van der Waals surface area contributed by atoms with E-state index in [9.17, 15) is 0 Å². The quantitative estimate of drug-likeness (QED) is 0.699.